The molecule has 2 aromatic heterocycles. The fraction of sp³-hybridized carbons (Fsp3) is 0.190. The number of thioether (sulfide) groups is 1. The Morgan fingerprint density at radius 2 is 2.10 bits per heavy atom. The van der Waals surface area contributed by atoms with Gasteiger partial charge in [-0.3, -0.25) is 4.40 Å². The molecule has 0 unspecified atom stereocenters. The van der Waals surface area contributed by atoms with Crippen LogP contribution in [0, 0.1) is 6.92 Å². The van der Waals surface area contributed by atoms with E-state index >= 15 is 0 Å². The lowest BCUT2D eigenvalue weighted by Gasteiger charge is -2.12. The van der Waals surface area contributed by atoms with E-state index in [1.54, 1.807) is 29.4 Å². The van der Waals surface area contributed by atoms with Gasteiger partial charge in [-0.15, -0.1) is 22.0 Å². The summed E-state index contributed by atoms with van der Waals surface area (Å²) in [5, 5.41) is 8.13. The van der Waals surface area contributed by atoms with Gasteiger partial charge >= 0.3 is 5.97 Å². The van der Waals surface area contributed by atoms with Crippen LogP contribution in [0.15, 0.2) is 53.9 Å². The first-order chi connectivity index (χ1) is 14.1. The van der Waals surface area contributed by atoms with Crippen molar-refractivity contribution in [2.45, 2.75) is 17.6 Å². The summed E-state index contributed by atoms with van der Waals surface area (Å²) in [4.78, 5) is 14.2. The van der Waals surface area contributed by atoms with Gasteiger partial charge in [0.2, 0.25) is 4.96 Å². The third-order valence-electron chi connectivity index (χ3n) is 4.54. The molecule has 0 atom stereocenters. The number of hydrogen-bond acceptors (Lipinski definition) is 7. The molecule has 0 aliphatic heterocycles. The van der Waals surface area contributed by atoms with Gasteiger partial charge in [-0.2, -0.15) is 0 Å². The second-order valence-electron chi connectivity index (χ2n) is 6.38. The van der Waals surface area contributed by atoms with E-state index in [0.717, 1.165) is 26.5 Å². The van der Waals surface area contributed by atoms with Crippen molar-refractivity contribution in [3.63, 3.8) is 0 Å². The molecule has 148 valence electrons. The lowest BCUT2D eigenvalue weighted by atomic mass is 10.0. The summed E-state index contributed by atoms with van der Waals surface area (Å²) < 4.78 is 13.2. The van der Waals surface area contributed by atoms with Crippen molar-refractivity contribution in [3.8, 4) is 0 Å². The van der Waals surface area contributed by atoms with Crippen molar-refractivity contribution < 1.29 is 14.3 Å². The molecule has 0 aliphatic carbocycles. The van der Waals surface area contributed by atoms with Crippen molar-refractivity contribution in [3.05, 3.63) is 65.7 Å². The molecule has 2 aromatic carbocycles. The molecule has 0 saturated heterocycles. The second kappa shape index (κ2) is 8.26. The minimum Gasteiger partial charge on any atom is -0.503 e. The highest BCUT2D eigenvalue weighted by Crippen LogP contribution is 2.34. The van der Waals surface area contributed by atoms with Crippen LogP contribution in [-0.2, 0) is 20.0 Å². The van der Waals surface area contributed by atoms with Gasteiger partial charge in [-0.05, 0) is 35.7 Å². The summed E-state index contributed by atoms with van der Waals surface area (Å²) in [6, 6.07) is 12.2. The van der Waals surface area contributed by atoms with Gasteiger partial charge in [0.05, 0.1) is 30.7 Å². The third-order valence-corrected chi connectivity index (χ3v) is 6.56. The minimum atomic E-state index is -0.419. The summed E-state index contributed by atoms with van der Waals surface area (Å²) in [5.74, 6) is 0.292. The lowest BCUT2D eigenvalue weighted by molar-refractivity contribution is -0.133. The van der Waals surface area contributed by atoms with E-state index in [0.29, 0.717) is 11.3 Å². The van der Waals surface area contributed by atoms with E-state index in [2.05, 4.69) is 29.3 Å². The van der Waals surface area contributed by atoms with Crippen LogP contribution in [0.4, 0.5) is 0 Å². The molecule has 0 amide bonds. The number of esters is 1. The van der Waals surface area contributed by atoms with E-state index in [4.69, 9.17) is 9.47 Å². The highest BCUT2D eigenvalue weighted by molar-refractivity contribution is 7.98. The topological polar surface area (TPSA) is 65.7 Å². The molecule has 2 heterocycles. The molecule has 0 radical (unpaired) electrons. The van der Waals surface area contributed by atoms with E-state index < -0.39 is 5.97 Å². The molecule has 0 aliphatic rings. The van der Waals surface area contributed by atoms with Crippen molar-refractivity contribution in [2.24, 2.45) is 0 Å². The van der Waals surface area contributed by atoms with Crippen molar-refractivity contribution in [1.29, 1.82) is 0 Å². The lowest BCUT2D eigenvalue weighted by Crippen LogP contribution is -2.06. The predicted molar refractivity (Wildman–Crippen MR) is 116 cm³/mol. The van der Waals surface area contributed by atoms with Gasteiger partial charge in [-0.1, -0.05) is 35.6 Å². The van der Waals surface area contributed by atoms with E-state index in [1.165, 1.54) is 30.7 Å². The Balaban J connectivity index is 1.64. The Bertz CT molecular complexity index is 1230. The minimum absolute atomic E-state index is 0.407. The van der Waals surface area contributed by atoms with Gasteiger partial charge in [0.15, 0.2) is 0 Å². The normalized spacial score (nSPS) is 11.9. The number of nitrogens with zero attached hydrogens (tertiary/aromatic N) is 3. The standard InChI is InChI=1S/C21H19N3O3S2/c1-13-8-15(9-18-19(13)24-12-22-23-21(24)29-18)28-11-14-6-4-5-7-16(14)17(10-26-2)20(25)27-3/h4-10,12H,11H2,1-3H3/b17-10+. The maximum absolute atomic E-state index is 12.2. The van der Waals surface area contributed by atoms with Gasteiger partial charge in [-0.25, -0.2) is 4.79 Å². The van der Waals surface area contributed by atoms with Crippen molar-refractivity contribution in [1.82, 2.24) is 14.6 Å². The third kappa shape index (κ3) is 3.73. The maximum atomic E-state index is 12.2. The Morgan fingerprint density at radius 1 is 1.28 bits per heavy atom. The molecule has 8 heteroatoms. The van der Waals surface area contributed by atoms with E-state index in [-0.39, 0.29) is 0 Å². The Hall–Kier alpha value is -2.84. The van der Waals surface area contributed by atoms with Crippen LogP contribution in [0.25, 0.3) is 20.8 Å². The molecule has 6 nitrogen and oxygen atoms in total. The molecule has 0 N–H and O–H groups in total. The number of aromatic nitrogens is 3. The fourth-order valence-corrected chi connectivity index (χ4v) is 5.42. The number of ether oxygens (including phenoxy) is 2. The second-order valence-corrected chi connectivity index (χ2v) is 8.43. The van der Waals surface area contributed by atoms with Gasteiger partial charge in [0.1, 0.15) is 11.9 Å². The quantitative estimate of drug-likeness (QED) is 0.193. The molecule has 0 saturated carbocycles. The van der Waals surface area contributed by atoms with Gasteiger partial charge in [0.25, 0.3) is 0 Å². The monoisotopic (exact) mass is 425 g/mol. The Morgan fingerprint density at radius 3 is 2.90 bits per heavy atom. The van der Waals surface area contributed by atoms with Gasteiger partial charge in [0, 0.05) is 10.6 Å². The first kappa shape index (κ1) is 19.5. The molecule has 29 heavy (non-hydrogen) atoms. The zero-order chi connectivity index (χ0) is 20.4. The zero-order valence-electron chi connectivity index (χ0n) is 16.2. The van der Waals surface area contributed by atoms with E-state index in [1.807, 2.05) is 28.7 Å². The van der Waals surface area contributed by atoms with Crippen LogP contribution in [0.5, 0.6) is 0 Å². The number of aryl methyl sites for hydroxylation is 1. The number of methoxy groups -OCH3 is 2. The van der Waals surface area contributed by atoms with Crippen molar-refractivity contribution in [2.75, 3.05) is 14.2 Å². The first-order valence-electron chi connectivity index (χ1n) is 8.87. The summed E-state index contributed by atoms with van der Waals surface area (Å²) in [5.41, 5.74) is 4.58. The van der Waals surface area contributed by atoms with Crippen LogP contribution in [0.3, 0.4) is 0 Å². The van der Waals surface area contributed by atoms with Gasteiger partial charge < -0.3 is 9.47 Å². The average Bonchev–Trinajstić information content (AvgIpc) is 3.31. The SMILES string of the molecule is CO/C=C(/C(=O)OC)c1ccccc1CSc1cc(C)c2c(c1)sc1nncn12. The number of carbonyl (C=O) groups excluding carboxylic acids is 1. The molecular formula is C21H19N3O3S2. The van der Waals surface area contributed by atoms with Crippen LogP contribution in [0.1, 0.15) is 16.7 Å². The number of fused-ring (bicyclic) bond motifs is 3. The average molecular weight is 426 g/mol. The van der Waals surface area contributed by atoms with Crippen LogP contribution < -0.4 is 0 Å². The summed E-state index contributed by atoms with van der Waals surface area (Å²) >= 11 is 3.35. The number of benzene rings is 2. The number of hydrogen-bond donors (Lipinski definition) is 0. The van der Waals surface area contributed by atoms with Crippen LogP contribution in [0.2, 0.25) is 0 Å². The van der Waals surface area contributed by atoms with Crippen LogP contribution >= 0.6 is 23.1 Å². The molecule has 0 bridgehead atoms. The first-order valence-corrected chi connectivity index (χ1v) is 10.7. The number of carbonyl (C=O) groups is 1. The highest BCUT2D eigenvalue weighted by Gasteiger charge is 2.17. The number of rotatable bonds is 6. The molecule has 0 spiro atoms. The largest absolute Gasteiger partial charge is 0.503 e. The smallest absolute Gasteiger partial charge is 0.341 e. The summed E-state index contributed by atoms with van der Waals surface area (Å²) in [6.45, 7) is 2.10. The molecule has 0 fully saturated rings. The van der Waals surface area contributed by atoms with Crippen LogP contribution in [-0.4, -0.2) is 34.8 Å². The molecule has 4 rings (SSSR count). The maximum Gasteiger partial charge on any atom is 0.341 e. The van der Waals surface area contributed by atoms with Crippen molar-refractivity contribution >= 4 is 49.8 Å². The fourth-order valence-electron chi connectivity index (χ4n) is 3.25. The highest BCUT2D eigenvalue weighted by atomic mass is 32.2. The predicted octanol–water partition coefficient (Wildman–Crippen LogP) is 4.71. The zero-order valence-corrected chi connectivity index (χ0v) is 17.8. The number of thiazole rings is 1. The molecule has 4 aromatic rings. The molecular weight excluding hydrogens is 406 g/mol. The Kier molecular flexibility index (Phi) is 5.55. The Labute approximate surface area is 176 Å². The summed E-state index contributed by atoms with van der Waals surface area (Å²) in [7, 11) is 2.89. The van der Waals surface area contributed by atoms with E-state index in [9.17, 15) is 4.79 Å². The summed E-state index contributed by atoms with van der Waals surface area (Å²) in [6.07, 6.45) is 3.18.